The van der Waals surface area contributed by atoms with Gasteiger partial charge in [0.05, 0.1) is 11.7 Å². The van der Waals surface area contributed by atoms with Gasteiger partial charge in [-0.25, -0.2) is 0 Å². The largest absolute Gasteiger partial charge is 0.459 e. The zero-order valence-corrected chi connectivity index (χ0v) is 21.2. The Labute approximate surface area is 211 Å². The number of hydrogen-bond acceptors (Lipinski definition) is 3. The molecule has 0 amide bonds. The number of hydrogen-bond donors (Lipinski definition) is 1. The summed E-state index contributed by atoms with van der Waals surface area (Å²) in [6.07, 6.45) is 1.80. The topological polar surface area (TPSA) is 41.3 Å². The van der Waals surface area contributed by atoms with E-state index in [1.165, 1.54) is 0 Å². The number of nitrogens with one attached hydrogen (secondary N) is 1. The summed E-state index contributed by atoms with van der Waals surface area (Å²) in [5.74, 6) is 1.57. The average Bonchev–Trinajstić information content (AvgIpc) is 3.43. The van der Waals surface area contributed by atoms with Gasteiger partial charge in [0.15, 0.2) is 5.11 Å². The molecule has 2 aromatic carbocycles. The molecule has 0 unspecified atom stereocenters. The Morgan fingerprint density at radius 2 is 1.91 bits per heavy atom. The van der Waals surface area contributed by atoms with Crippen molar-refractivity contribution in [2.24, 2.45) is 0 Å². The minimum absolute atomic E-state index is 0.165. The van der Waals surface area contributed by atoms with Crippen molar-refractivity contribution in [1.82, 2.24) is 10.3 Å². The Bertz CT molecular complexity index is 1340. The van der Waals surface area contributed by atoms with Crippen LogP contribution in [0.4, 0.5) is 5.69 Å². The summed E-state index contributed by atoms with van der Waals surface area (Å²) in [6, 6.07) is 21.6. The molecule has 2 aromatic heterocycles. The third kappa shape index (κ3) is 4.07. The normalized spacial score (nSPS) is 17.9. The second-order valence-corrected chi connectivity index (χ2v) is 9.69. The molecular weight excluding hydrogens is 518 g/mol. The molecule has 1 saturated heterocycles. The Balaban J connectivity index is 1.62. The maximum absolute atomic E-state index is 6.46. The third-order valence-corrected chi connectivity index (χ3v) is 7.58. The lowest BCUT2D eigenvalue weighted by molar-refractivity contribution is 0.439. The Kier molecular flexibility index (Phi) is 5.99. The highest BCUT2D eigenvalue weighted by Gasteiger charge is 2.42. The Morgan fingerprint density at radius 3 is 2.67 bits per heavy atom. The SMILES string of the molecule is Cc1cc(N2C(=S)N[C@H](c3ccccn3)[C@@H]2c2ccc(-c3cccc(Cl)c3C)o2)ccc1Br. The molecule has 0 bridgehead atoms. The predicted molar refractivity (Wildman–Crippen MR) is 141 cm³/mol. The molecule has 0 aliphatic carbocycles. The van der Waals surface area contributed by atoms with E-state index < -0.39 is 0 Å². The van der Waals surface area contributed by atoms with Crippen molar-refractivity contribution in [3.8, 4) is 11.3 Å². The molecule has 0 saturated carbocycles. The van der Waals surface area contributed by atoms with E-state index in [-0.39, 0.29) is 12.1 Å². The van der Waals surface area contributed by atoms with Gasteiger partial charge in [-0.3, -0.25) is 4.98 Å². The molecule has 1 aliphatic rings. The number of benzene rings is 2. The van der Waals surface area contributed by atoms with Gasteiger partial charge in [0.1, 0.15) is 17.6 Å². The third-order valence-electron chi connectivity index (χ3n) is 5.97. The van der Waals surface area contributed by atoms with Crippen LogP contribution in [0, 0.1) is 13.8 Å². The molecule has 3 heterocycles. The molecule has 5 rings (SSSR count). The van der Waals surface area contributed by atoms with E-state index in [2.05, 4.69) is 50.2 Å². The Hall–Kier alpha value is -2.67. The smallest absolute Gasteiger partial charge is 0.174 e. The van der Waals surface area contributed by atoms with Crippen LogP contribution in [0.2, 0.25) is 5.02 Å². The lowest BCUT2D eigenvalue weighted by atomic mass is 10.0. The van der Waals surface area contributed by atoms with E-state index in [0.29, 0.717) is 10.1 Å². The standard InChI is InChI=1S/C26H21BrClN3OS/c1-15-14-17(9-10-19(15)27)31-25(24(30-26(31)33)21-8-3-4-13-29-21)23-12-11-22(32-23)18-6-5-7-20(28)16(18)2/h3-14,24-25H,1-2H3,(H,30,33)/t24-,25+/m1/s1. The molecule has 0 spiro atoms. The molecule has 1 aliphatic heterocycles. The molecule has 1 N–H and O–H groups in total. The second kappa shape index (κ2) is 8.93. The van der Waals surface area contributed by atoms with Crippen molar-refractivity contribution in [3.63, 3.8) is 0 Å². The highest BCUT2D eigenvalue weighted by molar-refractivity contribution is 9.10. The van der Waals surface area contributed by atoms with Gasteiger partial charge in [0, 0.05) is 26.9 Å². The fraction of sp³-hybridized carbons (Fsp3) is 0.154. The van der Waals surface area contributed by atoms with E-state index in [9.17, 15) is 0 Å². The first-order valence-electron chi connectivity index (χ1n) is 10.6. The van der Waals surface area contributed by atoms with Crippen LogP contribution in [0.5, 0.6) is 0 Å². The number of furan rings is 1. The Morgan fingerprint density at radius 1 is 1.06 bits per heavy atom. The number of nitrogens with zero attached hydrogens (tertiary/aromatic N) is 2. The second-order valence-electron chi connectivity index (χ2n) is 8.04. The molecule has 1 fully saturated rings. The maximum atomic E-state index is 6.46. The fourth-order valence-corrected chi connectivity index (χ4v) is 5.00. The summed E-state index contributed by atoms with van der Waals surface area (Å²) >= 11 is 15.8. The van der Waals surface area contributed by atoms with Gasteiger partial charge >= 0.3 is 0 Å². The number of anilines is 1. The van der Waals surface area contributed by atoms with Gasteiger partial charge in [-0.15, -0.1) is 0 Å². The summed E-state index contributed by atoms with van der Waals surface area (Å²) in [7, 11) is 0. The minimum Gasteiger partial charge on any atom is -0.459 e. The number of thiocarbonyl (C=S) groups is 1. The van der Waals surface area contributed by atoms with E-state index >= 15 is 0 Å². The molecule has 33 heavy (non-hydrogen) atoms. The number of aromatic nitrogens is 1. The summed E-state index contributed by atoms with van der Waals surface area (Å²) in [4.78, 5) is 6.72. The first kappa shape index (κ1) is 22.1. The highest BCUT2D eigenvalue weighted by atomic mass is 79.9. The van der Waals surface area contributed by atoms with E-state index in [1.807, 2.05) is 61.5 Å². The molecule has 7 heteroatoms. The number of halogens is 2. The van der Waals surface area contributed by atoms with Gasteiger partial charge in [0.25, 0.3) is 0 Å². The van der Waals surface area contributed by atoms with E-state index in [0.717, 1.165) is 44.1 Å². The van der Waals surface area contributed by atoms with Crippen LogP contribution in [0.1, 0.15) is 34.7 Å². The first-order valence-corrected chi connectivity index (χ1v) is 12.1. The van der Waals surface area contributed by atoms with Gasteiger partial charge < -0.3 is 14.6 Å². The average molecular weight is 539 g/mol. The lowest BCUT2D eigenvalue weighted by Gasteiger charge is -2.26. The highest BCUT2D eigenvalue weighted by Crippen LogP contribution is 2.43. The van der Waals surface area contributed by atoms with Crippen LogP contribution in [-0.2, 0) is 0 Å². The van der Waals surface area contributed by atoms with Crippen LogP contribution in [0.25, 0.3) is 11.3 Å². The summed E-state index contributed by atoms with van der Waals surface area (Å²) < 4.78 is 7.51. The van der Waals surface area contributed by atoms with Gasteiger partial charge in [-0.2, -0.15) is 0 Å². The zero-order valence-electron chi connectivity index (χ0n) is 18.0. The molecular formula is C26H21BrClN3OS. The first-order chi connectivity index (χ1) is 15.9. The van der Waals surface area contributed by atoms with Crippen LogP contribution in [0.3, 0.4) is 0 Å². The maximum Gasteiger partial charge on any atom is 0.174 e. The van der Waals surface area contributed by atoms with Crippen LogP contribution in [-0.4, -0.2) is 10.1 Å². The summed E-state index contributed by atoms with van der Waals surface area (Å²) in [5, 5.41) is 4.82. The van der Waals surface area contributed by atoms with Gasteiger partial charge in [-0.05, 0) is 85.7 Å². The van der Waals surface area contributed by atoms with Crippen LogP contribution >= 0.6 is 39.7 Å². The zero-order chi connectivity index (χ0) is 23.1. The van der Waals surface area contributed by atoms with E-state index in [1.54, 1.807) is 6.20 Å². The van der Waals surface area contributed by atoms with Crippen LogP contribution in [0.15, 0.2) is 81.8 Å². The number of rotatable bonds is 4. The minimum atomic E-state index is -0.207. The van der Waals surface area contributed by atoms with Crippen molar-refractivity contribution in [1.29, 1.82) is 0 Å². The van der Waals surface area contributed by atoms with Crippen molar-refractivity contribution >= 4 is 50.5 Å². The van der Waals surface area contributed by atoms with Gasteiger partial charge in [-0.1, -0.05) is 45.7 Å². The number of aryl methyl sites for hydroxylation is 1. The molecule has 166 valence electrons. The molecule has 2 atom stereocenters. The van der Waals surface area contributed by atoms with Crippen molar-refractivity contribution in [2.45, 2.75) is 25.9 Å². The molecule has 0 radical (unpaired) electrons. The summed E-state index contributed by atoms with van der Waals surface area (Å²) in [5.41, 5.74) is 4.99. The van der Waals surface area contributed by atoms with E-state index in [4.69, 9.17) is 28.2 Å². The van der Waals surface area contributed by atoms with Crippen molar-refractivity contribution < 1.29 is 4.42 Å². The lowest BCUT2D eigenvalue weighted by Crippen LogP contribution is -2.29. The molecule has 4 nitrogen and oxygen atoms in total. The monoisotopic (exact) mass is 537 g/mol. The number of pyridine rings is 1. The van der Waals surface area contributed by atoms with Crippen molar-refractivity contribution in [2.75, 3.05) is 4.90 Å². The van der Waals surface area contributed by atoms with Gasteiger partial charge in [0.2, 0.25) is 0 Å². The fourth-order valence-electron chi connectivity index (χ4n) is 4.23. The quantitative estimate of drug-likeness (QED) is 0.272. The van der Waals surface area contributed by atoms with Crippen LogP contribution < -0.4 is 10.2 Å². The molecule has 4 aromatic rings. The van der Waals surface area contributed by atoms with Crippen molar-refractivity contribution in [3.05, 3.63) is 105 Å². The summed E-state index contributed by atoms with van der Waals surface area (Å²) in [6.45, 7) is 4.07. The predicted octanol–water partition coefficient (Wildman–Crippen LogP) is 7.55.